The molecule has 0 spiro atoms. The van der Waals surface area contributed by atoms with Crippen LogP contribution < -0.4 is 10.9 Å². The van der Waals surface area contributed by atoms with Crippen LogP contribution in [-0.4, -0.2) is 50.8 Å². The molecule has 4 rings (SSSR count). The van der Waals surface area contributed by atoms with E-state index in [1.54, 1.807) is 41.4 Å². The lowest BCUT2D eigenvalue weighted by atomic mass is 10.0. The molecular formula is C20H19N5O4. The fraction of sp³-hybridized carbons (Fsp3) is 0.250. The van der Waals surface area contributed by atoms with Crippen LogP contribution in [0, 0.1) is 0 Å². The molecule has 0 atom stereocenters. The lowest BCUT2D eigenvalue weighted by Crippen LogP contribution is -2.47. The summed E-state index contributed by atoms with van der Waals surface area (Å²) in [5, 5.41) is 2.85. The van der Waals surface area contributed by atoms with E-state index in [4.69, 9.17) is 4.42 Å². The molecule has 2 amide bonds. The maximum absolute atomic E-state index is 12.5. The summed E-state index contributed by atoms with van der Waals surface area (Å²) in [6.45, 7) is 0.995. The van der Waals surface area contributed by atoms with Gasteiger partial charge in [0.15, 0.2) is 11.6 Å². The molecule has 0 radical (unpaired) electrons. The smallest absolute Gasteiger partial charge is 0.289 e. The fourth-order valence-electron chi connectivity index (χ4n) is 3.24. The van der Waals surface area contributed by atoms with Gasteiger partial charge in [0, 0.05) is 31.5 Å². The topological polar surface area (TPSA) is 121 Å². The number of amides is 2. The van der Waals surface area contributed by atoms with Gasteiger partial charge in [0.05, 0.1) is 6.26 Å². The second-order valence-corrected chi connectivity index (χ2v) is 6.71. The number of pyridine rings is 1. The van der Waals surface area contributed by atoms with Crippen molar-refractivity contribution in [2.75, 3.05) is 13.1 Å². The molecule has 1 fully saturated rings. The molecule has 0 aromatic carbocycles. The second-order valence-electron chi connectivity index (χ2n) is 6.71. The molecule has 0 aliphatic carbocycles. The summed E-state index contributed by atoms with van der Waals surface area (Å²) in [5.74, 6) is -0.0392. The Labute approximate surface area is 165 Å². The van der Waals surface area contributed by atoms with Gasteiger partial charge in [0.1, 0.15) is 11.3 Å². The highest BCUT2D eigenvalue weighted by Gasteiger charge is 2.26. The number of H-pyrrole nitrogens is 1. The number of hydrogen-bond donors (Lipinski definition) is 2. The number of furan rings is 1. The number of carbonyl (C=O) groups is 2. The van der Waals surface area contributed by atoms with Crippen molar-refractivity contribution in [1.29, 1.82) is 0 Å². The highest BCUT2D eigenvalue weighted by atomic mass is 16.3. The van der Waals surface area contributed by atoms with Gasteiger partial charge in [0.25, 0.3) is 17.4 Å². The summed E-state index contributed by atoms with van der Waals surface area (Å²) in [7, 11) is 0. The highest BCUT2D eigenvalue weighted by molar-refractivity contribution is 5.94. The Kier molecular flexibility index (Phi) is 5.19. The van der Waals surface area contributed by atoms with Crippen LogP contribution >= 0.6 is 0 Å². The molecule has 4 heterocycles. The van der Waals surface area contributed by atoms with E-state index in [2.05, 4.69) is 20.3 Å². The minimum absolute atomic E-state index is 0.0567. The van der Waals surface area contributed by atoms with E-state index in [0.29, 0.717) is 43.2 Å². The van der Waals surface area contributed by atoms with E-state index < -0.39 is 11.5 Å². The van der Waals surface area contributed by atoms with E-state index in [1.807, 2.05) is 0 Å². The number of aromatic nitrogens is 3. The number of rotatable bonds is 4. The molecule has 2 N–H and O–H groups in total. The van der Waals surface area contributed by atoms with Gasteiger partial charge < -0.3 is 19.6 Å². The number of hydrogen-bond acceptors (Lipinski definition) is 6. The van der Waals surface area contributed by atoms with Crippen LogP contribution in [0.1, 0.15) is 33.8 Å². The van der Waals surface area contributed by atoms with Gasteiger partial charge in [-0.05, 0) is 37.1 Å². The van der Waals surface area contributed by atoms with Crippen molar-refractivity contribution in [3.05, 3.63) is 70.7 Å². The van der Waals surface area contributed by atoms with Crippen LogP contribution in [0.5, 0.6) is 0 Å². The van der Waals surface area contributed by atoms with E-state index in [9.17, 15) is 14.4 Å². The van der Waals surface area contributed by atoms with Gasteiger partial charge in [-0.15, -0.1) is 0 Å². The molecule has 0 bridgehead atoms. The van der Waals surface area contributed by atoms with Crippen molar-refractivity contribution in [1.82, 2.24) is 25.2 Å². The molecule has 3 aromatic heterocycles. The van der Waals surface area contributed by atoms with Crippen molar-refractivity contribution in [2.45, 2.75) is 18.9 Å². The third-order valence-corrected chi connectivity index (χ3v) is 4.80. The summed E-state index contributed by atoms with van der Waals surface area (Å²) in [6.07, 6.45) is 5.50. The van der Waals surface area contributed by atoms with Crippen LogP contribution in [0.25, 0.3) is 11.5 Å². The molecule has 1 saturated heterocycles. The second kappa shape index (κ2) is 8.09. The van der Waals surface area contributed by atoms with Crippen molar-refractivity contribution in [2.24, 2.45) is 0 Å². The summed E-state index contributed by atoms with van der Waals surface area (Å²) in [5.41, 5.74) is -0.0625. The number of aromatic amines is 1. The lowest BCUT2D eigenvalue weighted by Gasteiger charge is -2.31. The Morgan fingerprint density at radius 3 is 2.62 bits per heavy atom. The predicted molar refractivity (Wildman–Crippen MR) is 103 cm³/mol. The van der Waals surface area contributed by atoms with Crippen LogP contribution in [0.4, 0.5) is 0 Å². The van der Waals surface area contributed by atoms with Gasteiger partial charge in [-0.25, -0.2) is 4.98 Å². The summed E-state index contributed by atoms with van der Waals surface area (Å²) in [4.78, 5) is 49.7. The van der Waals surface area contributed by atoms with Crippen LogP contribution in [-0.2, 0) is 0 Å². The SMILES string of the molecule is O=C(NC1CCN(C(=O)c2ccco2)CC1)c1cnc(-c2ccccn2)[nH]c1=O. The number of carbonyl (C=O) groups excluding carboxylic acids is 2. The molecule has 0 saturated carbocycles. The zero-order valence-corrected chi connectivity index (χ0v) is 15.5. The molecular weight excluding hydrogens is 374 g/mol. The van der Waals surface area contributed by atoms with Gasteiger partial charge >= 0.3 is 0 Å². The maximum Gasteiger partial charge on any atom is 0.289 e. The van der Waals surface area contributed by atoms with Gasteiger partial charge in [-0.2, -0.15) is 0 Å². The van der Waals surface area contributed by atoms with E-state index in [-0.39, 0.29) is 17.5 Å². The lowest BCUT2D eigenvalue weighted by molar-refractivity contribution is 0.0667. The minimum Gasteiger partial charge on any atom is -0.459 e. The third kappa shape index (κ3) is 4.08. The third-order valence-electron chi connectivity index (χ3n) is 4.80. The van der Waals surface area contributed by atoms with Crippen molar-refractivity contribution in [3.63, 3.8) is 0 Å². The molecule has 0 unspecified atom stereocenters. The average Bonchev–Trinajstić information content (AvgIpc) is 3.29. The Morgan fingerprint density at radius 2 is 1.97 bits per heavy atom. The monoisotopic (exact) mass is 393 g/mol. The molecule has 9 heteroatoms. The first-order chi connectivity index (χ1) is 14.1. The first-order valence-corrected chi connectivity index (χ1v) is 9.26. The zero-order valence-electron chi connectivity index (χ0n) is 15.5. The maximum atomic E-state index is 12.5. The normalized spacial score (nSPS) is 14.6. The van der Waals surface area contributed by atoms with E-state index in [1.165, 1.54) is 12.5 Å². The Morgan fingerprint density at radius 1 is 1.14 bits per heavy atom. The van der Waals surface area contributed by atoms with Crippen molar-refractivity contribution < 1.29 is 14.0 Å². The number of nitrogens with one attached hydrogen (secondary N) is 2. The molecule has 148 valence electrons. The fourth-order valence-corrected chi connectivity index (χ4v) is 3.24. The van der Waals surface area contributed by atoms with E-state index in [0.717, 1.165) is 0 Å². The zero-order chi connectivity index (χ0) is 20.2. The standard InChI is InChI=1S/C20H19N5O4/c26-18(14-12-22-17(24-19(14)27)15-4-1-2-8-21-15)23-13-6-9-25(10-7-13)20(28)16-5-3-11-29-16/h1-5,8,11-13H,6-7,9-10H2,(H,23,26)(H,22,24,27). The molecule has 1 aliphatic heterocycles. The Hall–Kier alpha value is -3.75. The quantitative estimate of drug-likeness (QED) is 0.692. The van der Waals surface area contributed by atoms with Crippen LogP contribution in [0.2, 0.25) is 0 Å². The summed E-state index contributed by atoms with van der Waals surface area (Å²) in [6, 6.07) is 8.44. The van der Waals surface area contributed by atoms with Crippen LogP contribution in [0.3, 0.4) is 0 Å². The highest BCUT2D eigenvalue weighted by Crippen LogP contribution is 2.15. The van der Waals surface area contributed by atoms with Crippen molar-refractivity contribution in [3.8, 4) is 11.5 Å². The number of likely N-dealkylation sites (tertiary alicyclic amines) is 1. The first kappa shape index (κ1) is 18.6. The van der Waals surface area contributed by atoms with Crippen molar-refractivity contribution >= 4 is 11.8 Å². The summed E-state index contributed by atoms with van der Waals surface area (Å²) >= 11 is 0. The first-order valence-electron chi connectivity index (χ1n) is 9.26. The Bertz CT molecular complexity index is 1050. The molecule has 3 aromatic rings. The van der Waals surface area contributed by atoms with Gasteiger partial charge in [0.2, 0.25) is 0 Å². The largest absolute Gasteiger partial charge is 0.459 e. The number of piperidine rings is 1. The Balaban J connectivity index is 1.37. The molecule has 9 nitrogen and oxygen atoms in total. The predicted octanol–water partition coefficient (Wildman–Crippen LogP) is 1.46. The molecule has 1 aliphatic rings. The van der Waals surface area contributed by atoms with Gasteiger partial charge in [-0.3, -0.25) is 19.4 Å². The minimum atomic E-state index is -0.524. The average molecular weight is 393 g/mol. The van der Waals surface area contributed by atoms with Crippen LogP contribution in [0.15, 0.2) is 58.2 Å². The molecule has 29 heavy (non-hydrogen) atoms. The van der Waals surface area contributed by atoms with Gasteiger partial charge in [-0.1, -0.05) is 6.07 Å². The van der Waals surface area contributed by atoms with E-state index >= 15 is 0 Å². The number of nitrogens with zero attached hydrogens (tertiary/aromatic N) is 3. The summed E-state index contributed by atoms with van der Waals surface area (Å²) < 4.78 is 5.14.